The zero-order valence-electron chi connectivity index (χ0n) is 13.5. The summed E-state index contributed by atoms with van der Waals surface area (Å²) in [7, 11) is 1.33. The largest absolute Gasteiger partial charge is 0.469 e. The van der Waals surface area contributed by atoms with Crippen LogP contribution in [0.2, 0.25) is 0 Å². The molecule has 0 aromatic carbocycles. The molecule has 0 saturated carbocycles. The SMILES string of the molecule is CCOC(=O)C(CCC(=O)OC)(CC(C)C)c1csc(N)n1. The maximum Gasteiger partial charge on any atom is 0.318 e. The summed E-state index contributed by atoms with van der Waals surface area (Å²) in [5, 5.41) is 2.16. The molecule has 0 aliphatic rings. The third-order valence-electron chi connectivity index (χ3n) is 3.42. The number of rotatable bonds is 8. The number of esters is 2. The van der Waals surface area contributed by atoms with E-state index >= 15 is 0 Å². The Labute approximate surface area is 135 Å². The fourth-order valence-electron chi connectivity index (χ4n) is 2.52. The highest BCUT2D eigenvalue weighted by Crippen LogP contribution is 2.38. The number of aromatic nitrogens is 1. The number of anilines is 1. The number of ether oxygens (including phenoxy) is 2. The van der Waals surface area contributed by atoms with Crippen LogP contribution in [0.1, 0.15) is 45.7 Å². The van der Waals surface area contributed by atoms with Crippen molar-refractivity contribution in [1.82, 2.24) is 4.98 Å². The van der Waals surface area contributed by atoms with Gasteiger partial charge in [0.2, 0.25) is 0 Å². The van der Waals surface area contributed by atoms with E-state index in [0.717, 1.165) is 0 Å². The Kier molecular flexibility index (Phi) is 6.80. The lowest BCUT2D eigenvalue weighted by Gasteiger charge is -2.31. The molecule has 7 heteroatoms. The molecule has 22 heavy (non-hydrogen) atoms. The maximum atomic E-state index is 12.7. The van der Waals surface area contributed by atoms with Crippen molar-refractivity contribution in [3.63, 3.8) is 0 Å². The Morgan fingerprint density at radius 2 is 2.14 bits per heavy atom. The molecule has 1 rings (SSSR count). The summed E-state index contributed by atoms with van der Waals surface area (Å²) < 4.78 is 9.97. The van der Waals surface area contributed by atoms with Crippen LogP contribution in [0.4, 0.5) is 5.13 Å². The minimum Gasteiger partial charge on any atom is -0.469 e. The molecule has 6 nitrogen and oxygen atoms in total. The van der Waals surface area contributed by atoms with Crippen LogP contribution in [0, 0.1) is 5.92 Å². The zero-order valence-corrected chi connectivity index (χ0v) is 14.4. The third kappa shape index (κ3) is 4.43. The Hall–Kier alpha value is -1.63. The summed E-state index contributed by atoms with van der Waals surface area (Å²) in [6, 6.07) is 0. The first kappa shape index (κ1) is 18.4. The fraction of sp³-hybridized carbons (Fsp3) is 0.667. The summed E-state index contributed by atoms with van der Waals surface area (Å²) in [6.45, 7) is 6.06. The lowest BCUT2D eigenvalue weighted by Crippen LogP contribution is -2.40. The number of methoxy groups -OCH3 is 1. The molecule has 1 aromatic heterocycles. The van der Waals surface area contributed by atoms with Crippen LogP contribution in [0.15, 0.2) is 5.38 Å². The van der Waals surface area contributed by atoms with E-state index in [-0.39, 0.29) is 30.9 Å². The normalized spacial score (nSPS) is 13.7. The second-order valence-electron chi connectivity index (χ2n) is 5.55. The van der Waals surface area contributed by atoms with Gasteiger partial charge in [-0.15, -0.1) is 11.3 Å². The number of nitrogens with two attached hydrogens (primary N) is 1. The molecule has 0 aliphatic carbocycles. The Morgan fingerprint density at radius 3 is 2.59 bits per heavy atom. The van der Waals surface area contributed by atoms with Crippen LogP contribution in [-0.4, -0.2) is 30.6 Å². The molecule has 0 fully saturated rings. The van der Waals surface area contributed by atoms with Gasteiger partial charge in [-0.05, 0) is 25.7 Å². The zero-order chi connectivity index (χ0) is 16.8. The first-order valence-corrected chi connectivity index (χ1v) is 8.19. The third-order valence-corrected chi connectivity index (χ3v) is 4.09. The Morgan fingerprint density at radius 1 is 1.45 bits per heavy atom. The quantitative estimate of drug-likeness (QED) is 0.737. The number of carbonyl (C=O) groups excluding carboxylic acids is 2. The van der Waals surface area contributed by atoms with E-state index in [4.69, 9.17) is 15.2 Å². The van der Waals surface area contributed by atoms with Crippen molar-refractivity contribution in [2.75, 3.05) is 19.5 Å². The monoisotopic (exact) mass is 328 g/mol. The van der Waals surface area contributed by atoms with Crippen LogP contribution < -0.4 is 5.73 Å². The van der Waals surface area contributed by atoms with Gasteiger partial charge in [0.15, 0.2) is 5.13 Å². The molecule has 0 bridgehead atoms. The molecule has 1 atom stereocenters. The van der Waals surface area contributed by atoms with Crippen LogP contribution in [0.3, 0.4) is 0 Å². The molecule has 124 valence electrons. The lowest BCUT2D eigenvalue weighted by molar-refractivity contribution is -0.152. The molecule has 0 spiro atoms. The number of nitrogen functional groups attached to an aromatic ring is 1. The van der Waals surface area contributed by atoms with Gasteiger partial charge in [0, 0.05) is 11.8 Å². The maximum absolute atomic E-state index is 12.7. The predicted octanol–water partition coefficient (Wildman–Crippen LogP) is 2.53. The van der Waals surface area contributed by atoms with Gasteiger partial charge in [0.25, 0.3) is 0 Å². The van der Waals surface area contributed by atoms with Gasteiger partial charge in [-0.2, -0.15) is 0 Å². The van der Waals surface area contributed by atoms with Crippen LogP contribution in [0.5, 0.6) is 0 Å². The summed E-state index contributed by atoms with van der Waals surface area (Å²) in [5.41, 5.74) is 5.34. The molecule has 1 unspecified atom stereocenters. The first-order valence-electron chi connectivity index (χ1n) is 7.31. The predicted molar refractivity (Wildman–Crippen MR) is 85.5 cm³/mol. The minimum absolute atomic E-state index is 0.124. The molecular formula is C15H24N2O4S. The van der Waals surface area contributed by atoms with Gasteiger partial charge in [-0.25, -0.2) is 4.98 Å². The summed E-state index contributed by atoms with van der Waals surface area (Å²) in [4.78, 5) is 28.5. The van der Waals surface area contributed by atoms with Crippen molar-refractivity contribution in [2.24, 2.45) is 5.92 Å². The standard InChI is InChI=1S/C15H24N2O4S/c1-5-21-13(19)15(8-10(2)3,7-6-12(18)20-4)11-9-22-14(16)17-11/h9-10H,5-8H2,1-4H3,(H2,16,17). The molecule has 1 heterocycles. The second-order valence-corrected chi connectivity index (χ2v) is 6.44. The molecule has 0 radical (unpaired) electrons. The highest BCUT2D eigenvalue weighted by molar-refractivity contribution is 7.13. The van der Waals surface area contributed by atoms with Crippen molar-refractivity contribution < 1.29 is 19.1 Å². The Balaban J connectivity index is 3.22. The van der Waals surface area contributed by atoms with E-state index in [1.807, 2.05) is 13.8 Å². The topological polar surface area (TPSA) is 91.5 Å². The van der Waals surface area contributed by atoms with Crippen LogP contribution in [-0.2, 0) is 24.5 Å². The van der Waals surface area contributed by atoms with Crippen molar-refractivity contribution in [2.45, 2.75) is 45.4 Å². The Bertz CT molecular complexity index is 515. The molecule has 0 amide bonds. The van der Waals surface area contributed by atoms with E-state index in [9.17, 15) is 9.59 Å². The minimum atomic E-state index is -0.966. The average Bonchev–Trinajstić information content (AvgIpc) is 2.89. The van der Waals surface area contributed by atoms with E-state index in [1.165, 1.54) is 18.4 Å². The summed E-state index contributed by atoms with van der Waals surface area (Å²) >= 11 is 1.28. The highest BCUT2D eigenvalue weighted by atomic mass is 32.1. The van der Waals surface area contributed by atoms with Gasteiger partial charge in [0.1, 0.15) is 5.41 Å². The smallest absolute Gasteiger partial charge is 0.318 e. The molecular weight excluding hydrogens is 304 g/mol. The van der Waals surface area contributed by atoms with Crippen molar-refractivity contribution in [1.29, 1.82) is 0 Å². The molecule has 1 aromatic rings. The van der Waals surface area contributed by atoms with Crippen molar-refractivity contribution in [3.8, 4) is 0 Å². The number of hydrogen-bond acceptors (Lipinski definition) is 7. The van der Waals surface area contributed by atoms with Crippen molar-refractivity contribution >= 4 is 28.4 Å². The van der Waals surface area contributed by atoms with Crippen LogP contribution in [0.25, 0.3) is 0 Å². The van der Waals surface area contributed by atoms with Gasteiger partial charge in [0.05, 0.1) is 19.4 Å². The average molecular weight is 328 g/mol. The summed E-state index contributed by atoms with van der Waals surface area (Å²) in [6.07, 6.45) is 0.950. The first-order chi connectivity index (χ1) is 10.4. The van der Waals surface area contributed by atoms with Gasteiger partial charge in [-0.1, -0.05) is 13.8 Å². The van der Waals surface area contributed by atoms with E-state index in [0.29, 0.717) is 23.7 Å². The number of carbonyl (C=O) groups is 2. The number of nitrogens with zero attached hydrogens (tertiary/aromatic N) is 1. The summed E-state index contributed by atoms with van der Waals surface area (Å²) in [5.74, 6) is -0.497. The molecule has 2 N–H and O–H groups in total. The molecule has 0 aliphatic heterocycles. The van der Waals surface area contributed by atoms with Crippen LogP contribution >= 0.6 is 11.3 Å². The van der Waals surface area contributed by atoms with E-state index in [2.05, 4.69) is 4.98 Å². The second kappa shape index (κ2) is 8.12. The lowest BCUT2D eigenvalue weighted by atomic mass is 9.74. The van der Waals surface area contributed by atoms with E-state index < -0.39 is 5.41 Å². The van der Waals surface area contributed by atoms with Gasteiger partial charge < -0.3 is 15.2 Å². The van der Waals surface area contributed by atoms with Gasteiger partial charge >= 0.3 is 11.9 Å². The van der Waals surface area contributed by atoms with E-state index in [1.54, 1.807) is 12.3 Å². The number of hydrogen-bond donors (Lipinski definition) is 1. The van der Waals surface area contributed by atoms with Gasteiger partial charge in [-0.3, -0.25) is 9.59 Å². The number of thiazole rings is 1. The van der Waals surface area contributed by atoms with Crippen molar-refractivity contribution in [3.05, 3.63) is 11.1 Å². The molecule has 0 saturated heterocycles. The highest BCUT2D eigenvalue weighted by Gasteiger charge is 2.44. The fourth-order valence-corrected chi connectivity index (χ4v) is 3.18.